The van der Waals surface area contributed by atoms with Gasteiger partial charge in [-0.2, -0.15) is 5.10 Å². The maximum atomic E-state index is 11.9. The van der Waals surface area contributed by atoms with E-state index in [0.717, 1.165) is 16.9 Å². The second kappa shape index (κ2) is 5.50. The SMILES string of the molecule is CC(C)C1=C(C(=O)O)C(c2ccccc2Cl)c2cn[nH]c2N1. The maximum Gasteiger partial charge on any atom is 0.334 e. The summed E-state index contributed by atoms with van der Waals surface area (Å²) in [6.07, 6.45) is 1.65. The number of rotatable bonds is 3. The molecule has 1 aliphatic rings. The van der Waals surface area contributed by atoms with Crippen LogP contribution >= 0.6 is 11.6 Å². The number of hydrogen-bond donors (Lipinski definition) is 3. The maximum absolute atomic E-state index is 11.9. The van der Waals surface area contributed by atoms with E-state index in [1.807, 2.05) is 32.0 Å². The van der Waals surface area contributed by atoms with Crippen molar-refractivity contribution in [2.24, 2.45) is 5.92 Å². The zero-order chi connectivity index (χ0) is 15.9. The Morgan fingerprint density at radius 3 is 2.68 bits per heavy atom. The summed E-state index contributed by atoms with van der Waals surface area (Å²) in [7, 11) is 0. The average Bonchev–Trinajstić information content (AvgIpc) is 2.93. The first-order valence-electron chi connectivity index (χ1n) is 7.02. The van der Waals surface area contributed by atoms with E-state index in [-0.39, 0.29) is 5.92 Å². The fourth-order valence-corrected chi connectivity index (χ4v) is 3.10. The normalized spacial score (nSPS) is 17.4. The Balaban J connectivity index is 2.28. The van der Waals surface area contributed by atoms with Crippen molar-refractivity contribution < 1.29 is 9.90 Å². The molecule has 1 aromatic carbocycles. The lowest BCUT2D eigenvalue weighted by molar-refractivity contribution is -0.133. The number of nitrogens with one attached hydrogen (secondary N) is 2. The van der Waals surface area contributed by atoms with Crippen molar-refractivity contribution in [1.82, 2.24) is 10.2 Å². The van der Waals surface area contributed by atoms with Crippen LogP contribution in [0.25, 0.3) is 0 Å². The van der Waals surface area contributed by atoms with E-state index >= 15 is 0 Å². The quantitative estimate of drug-likeness (QED) is 0.808. The number of nitrogens with zero attached hydrogens (tertiary/aromatic N) is 1. The Labute approximate surface area is 133 Å². The van der Waals surface area contributed by atoms with Crippen LogP contribution in [0.3, 0.4) is 0 Å². The lowest BCUT2D eigenvalue weighted by Crippen LogP contribution is -2.25. The average molecular weight is 318 g/mol. The monoisotopic (exact) mass is 317 g/mol. The molecule has 1 aliphatic heterocycles. The van der Waals surface area contributed by atoms with Crippen molar-refractivity contribution in [3.05, 3.63) is 57.9 Å². The highest BCUT2D eigenvalue weighted by molar-refractivity contribution is 6.31. The number of carboxylic acids is 1. The molecular formula is C16H16ClN3O2. The second-order valence-corrected chi connectivity index (χ2v) is 5.97. The Bertz CT molecular complexity index is 764. The number of anilines is 1. The zero-order valence-corrected chi connectivity index (χ0v) is 13.0. The largest absolute Gasteiger partial charge is 0.478 e. The van der Waals surface area contributed by atoms with Crippen molar-refractivity contribution in [1.29, 1.82) is 0 Å². The van der Waals surface area contributed by atoms with Gasteiger partial charge in [0.2, 0.25) is 0 Å². The third-order valence-corrected chi connectivity index (χ3v) is 4.19. The number of carboxylic acid groups (broad SMARTS) is 1. The molecule has 3 N–H and O–H groups in total. The number of hydrogen-bond acceptors (Lipinski definition) is 3. The van der Waals surface area contributed by atoms with Crippen LogP contribution in [0, 0.1) is 5.92 Å². The highest BCUT2D eigenvalue weighted by Crippen LogP contribution is 2.44. The molecule has 0 bridgehead atoms. The molecule has 2 aromatic rings. The first-order valence-corrected chi connectivity index (χ1v) is 7.40. The Hall–Kier alpha value is -2.27. The molecule has 1 unspecified atom stereocenters. The molecule has 0 saturated heterocycles. The molecule has 0 amide bonds. The van der Waals surface area contributed by atoms with E-state index in [9.17, 15) is 9.90 Å². The van der Waals surface area contributed by atoms with Crippen molar-refractivity contribution in [3.63, 3.8) is 0 Å². The molecule has 0 saturated carbocycles. The van der Waals surface area contributed by atoms with Gasteiger partial charge < -0.3 is 10.4 Å². The molecule has 0 spiro atoms. The third-order valence-electron chi connectivity index (χ3n) is 3.84. The van der Waals surface area contributed by atoms with Crippen LogP contribution in [0.1, 0.15) is 30.9 Å². The predicted octanol–water partition coefficient (Wildman–Crippen LogP) is 3.62. The summed E-state index contributed by atoms with van der Waals surface area (Å²) in [5, 5.41) is 20.4. The number of aliphatic carboxylic acids is 1. The van der Waals surface area contributed by atoms with Gasteiger partial charge in [0.1, 0.15) is 5.82 Å². The van der Waals surface area contributed by atoms with Gasteiger partial charge in [0.15, 0.2) is 0 Å². The standard InChI is InChI=1S/C16H16ClN3O2/c1-8(2)14-13(16(21)22)12(9-5-3-4-6-11(9)17)10-7-18-20-15(10)19-14/h3-8,12H,1-2H3,(H,21,22)(H2,18,19,20). The second-order valence-electron chi connectivity index (χ2n) is 5.57. The van der Waals surface area contributed by atoms with E-state index in [1.165, 1.54) is 0 Å². The number of aromatic amines is 1. The van der Waals surface area contributed by atoms with Crippen LogP contribution in [0.4, 0.5) is 5.82 Å². The summed E-state index contributed by atoms with van der Waals surface area (Å²) in [5.41, 5.74) is 2.55. The first kappa shape index (κ1) is 14.7. The number of benzene rings is 1. The van der Waals surface area contributed by atoms with Crippen LogP contribution in [-0.2, 0) is 4.79 Å². The Kier molecular flexibility index (Phi) is 3.66. The molecule has 0 aliphatic carbocycles. The van der Waals surface area contributed by atoms with Crippen LogP contribution in [0.15, 0.2) is 41.7 Å². The minimum Gasteiger partial charge on any atom is -0.478 e. The van der Waals surface area contributed by atoms with E-state index in [0.29, 0.717) is 16.3 Å². The number of halogens is 1. The highest BCUT2D eigenvalue weighted by atomic mass is 35.5. The van der Waals surface area contributed by atoms with Crippen LogP contribution in [-0.4, -0.2) is 21.3 Å². The van der Waals surface area contributed by atoms with Gasteiger partial charge in [0.05, 0.1) is 11.8 Å². The molecule has 1 aromatic heterocycles. The number of carbonyl (C=O) groups is 1. The molecule has 22 heavy (non-hydrogen) atoms. The van der Waals surface area contributed by atoms with E-state index in [2.05, 4.69) is 15.5 Å². The summed E-state index contributed by atoms with van der Waals surface area (Å²) >= 11 is 6.32. The van der Waals surface area contributed by atoms with Gasteiger partial charge in [-0.05, 0) is 17.5 Å². The number of fused-ring (bicyclic) bond motifs is 1. The van der Waals surface area contributed by atoms with E-state index < -0.39 is 11.9 Å². The van der Waals surface area contributed by atoms with Crippen molar-refractivity contribution in [2.45, 2.75) is 19.8 Å². The third kappa shape index (κ3) is 2.27. The van der Waals surface area contributed by atoms with Crippen molar-refractivity contribution in [2.75, 3.05) is 5.32 Å². The van der Waals surface area contributed by atoms with Crippen LogP contribution < -0.4 is 5.32 Å². The molecule has 2 heterocycles. The molecule has 5 nitrogen and oxygen atoms in total. The van der Waals surface area contributed by atoms with Gasteiger partial charge in [-0.15, -0.1) is 0 Å². The van der Waals surface area contributed by atoms with Crippen LogP contribution in [0.2, 0.25) is 5.02 Å². The summed E-state index contributed by atoms with van der Waals surface area (Å²) in [6, 6.07) is 7.32. The molecule has 114 valence electrons. The minimum atomic E-state index is -0.951. The van der Waals surface area contributed by atoms with Gasteiger partial charge in [-0.25, -0.2) is 4.79 Å². The number of aromatic nitrogens is 2. The Morgan fingerprint density at radius 1 is 1.32 bits per heavy atom. The summed E-state index contributed by atoms with van der Waals surface area (Å²) in [4.78, 5) is 11.9. The topological polar surface area (TPSA) is 78.0 Å². The van der Waals surface area contributed by atoms with Crippen LogP contribution in [0.5, 0.6) is 0 Å². The number of allylic oxidation sites excluding steroid dienone is 1. The molecule has 0 fully saturated rings. The zero-order valence-electron chi connectivity index (χ0n) is 12.2. The molecule has 6 heteroatoms. The fraction of sp³-hybridized carbons (Fsp3) is 0.250. The predicted molar refractivity (Wildman–Crippen MR) is 85.0 cm³/mol. The Morgan fingerprint density at radius 2 is 2.05 bits per heavy atom. The van der Waals surface area contributed by atoms with Crippen molar-refractivity contribution >= 4 is 23.4 Å². The van der Waals surface area contributed by atoms with Gasteiger partial charge >= 0.3 is 5.97 Å². The van der Waals surface area contributed by atoms with Gasteiger partial charge in [0.25, 0.3) is 0 Å². The van der Waals surface area contributed by atoms with Crippen molar-refractivity contribution in [3.8, 4) is 0 Å². The van der Waals surface area contributed by atoms with Gasteiger partial charge in [0, 0.05) is 22.2 Å². The van der Waals surface area contributed by atoms with Gasteiger partial charge in [-0.1, -0.05) is 43.6 Å². The fourth-order valence-electron chi connectivity index (χ4n) is 2.85. The highest BCUT2D eigenvalue weighted by Gasteiger charge is 2.36. The minimum absolute atomic E-state index is 0.0348. The summed E-state index contributed by atoms with van der Waals surface area (Å²) in [6.45, 7) is 3.91. The lowest BCUT2D eigenvalue weighted by Gasteiger charge is -2.29. The van der Waals surface area contributed by atoms with E-state index in [4.69, 9.17) is 11.6 Å². The molecular weight excluding hydrogens is 302 g/mol. The van der Waals surface area contributed by atoms with Gasteiger partial charge in [-0.3, -0.25) is 5.10 Å². The number of H-pyrrole nitrogens is 1. The lowest BCUT2D eigenvalue weighted by atomic mass is 9.81. The smallest absolute Gasteiger partial charge is 0.334 e. The molecule has 0 radical (unpaired) electrons. The molecule has 1 atom stereocenters. The first-order chi connectivity index (χ1) is 10.5. The summed E-state index contributed by atoms with van der Waals surface area (Å²) < 4.78 is 0. The summed E-state index contributed by atoms with van der Waals surface area (Å²) in [5.74, 6) is -0.641. The van der Waals surface area contributed by atoms with E-state index in [1.54, 1.807) is 12.3 Å². The molecule has 3 rings (SSSR count).